The number of ether oxygens (including phenoxy) is 2. The first-order valence-corrected chi connectivity index (χ1v) is 10.9. The van der Waals surface area contributed by atoms with E-state index in [4.69, 9.17) is 9.47 Å². The van der Waals surface area contributed by atoms with Crippen molar-refractivity contribution in [2.75, 3.05) is 26.8 Å². The molecule has 0 aromatic heterocycles. The van der Waals surface area contributed by atoms with E-state index in [1.807, 2.05) is 23.9 Å². The summed E-state index contributed by atoms with van der Waals surface area (Å²) in [5, 5.41) is 0.200. The Morgan fingerprint density at radius 1 is 0.966 bits per heavy atom. The Labute approximate surface area is 177 Å². The lowest BCUT2D eigenvalue weighted by Crippen LogP contribution is -2.44. The van der Waals surface area contributed by atoms with Crippen molar-refractivity contribution >= 4 is 11.8 Å². The Balaban J connectivity index is 1.55. The van der Waals surface area contributed by atoms with Crippen LogP contribution in [0, 0.1) is 0 Å². The molecule has 1 aliphatic rings. The standard InChI is InChI=1S/C25H27NO2S/c1-27-22-14-8-9-15-24(22)29-25(21-12-6-3-7-13-21)23-19-26(16-17-28-23)18-20-10-4-2-5-11-20/h2-15,23,25H,16-19H2,1H3/t23?,25-/m0/s1. The van der Waals surface area contributed by atoms with E-state index in [1.54, 1.807) is 7.11 Å². The van der Waals surface area contributed by atoms with Gasteiger partial charge in [0.15, 0.2) is 0 Å². The average molecular weight is 406 g/mol. The van der Waals surface area contributed by atoms with Crippen molar-refractivity contribution in [3.63, 3.8) is 0 Å². The maximum absolute atomic E-state index is 6.30. The molecule has 150 valence electrons. The monoisotopic (exact) mass is 405 g/mol. The van der Waals surface area contributed by atoms with Gasteiger partial charge in [-0.1, -0.05) is 72.8 Å². The third-order valence-electron chi connectivity index (χ3n) is 5.22. The molecule has 0 radical (unpaired) electrons. The molecule has 1 unspecified atom stereocenters. The molecule has 1 fully saturated rings. The summed E-state index contributed by atoms with van der Waals surface area (Å²) in [5.41, 5.74) is 2.64. The number of benzene rings is 3. The minimum Gasteiger partial charge on any atom is -0.496 e. The van der Waals surface area contributed by atoms with E-state index in [9.17, 15) is 0 Å². The van der Waals surface area contributed by atoms with Gasteiger partial charge in [-0.15, -0.1) is 11.8 Å². The smallest absolute Gasteiger partial charge is 0.132 e. The highest BCUT2D eigenvalue weighted by atomic mass is 32.2. The molecule has 1 aliphatic heterocycles. The van der Waals surface area contributed by atoms with Crippen molar-refractivity contribution in [1.29, 1.82) is 0 Å². The highest BCUT2D eigenvalue weighted by molar-refractivity contribution is 7.99. The van der Waals surface area contributed by atoms with Crippen LogP contribution in [0.4, 0.5) is 0 Å². The summed E-state index contributed by atoms with van der Waals surface area (Å²) in [6.45, 7) is 3.59. The predicted octanol–water partition coefficient (Wildman–Crippen LogP) is 5.43. The zero-order valence-corrected chi connectivity index (χ0v) is 17.6. The normalized spacial score (nSPS) is 18.3. The molecule has 29 heavy (non-hydrogen) atoms. The summed E-state index contributed by atoms with van der Waals surface area (Å²) >= 11 is 1.83. The van der Waals surface area contributed by atoms with Crippen LogP contribution < -0.4 is 4.74 Å². The Hall–Kier alpha value is -2.27. The molecule has 0 N–H and O–H groups in total. The van der Waals surface area contributed by atoms with Crippen LogP contribution in [0.25, 0.3) is 0 Å². The number of thioether (sulfide) groups is 1. The molecular formula is C25H27NO2S. The summed E-state index contributed by atoms with van der Waals surface area (Å²) < 4.78 is 11.9. The number of hydrogen-bond acceptors (Lipinski definition) is 4. The van der Waals surface area contributed by atoms with Gasteiger partial charge in [-0.3, -0.25) is 4.90 Å². The second-order valence-electron chi connectivity index (χ2n) is 7.23. The molecular weight excluding hydrogens is 378 g/mol. The Kier molecular flexibility index (Phi) is 6.88. The highest BCUT2D eigenvalue weighted by Gasteiger charge is 2.30. The molecule has 2 atom stereocenters. The number of methoxy groups -OCH3 is 1. The predicted molar refractivity (Wildman–Crippen MR) is 119 cm³/mol. The lowest BCUT2D eigenvalue weighted by Gasteiger charge is -2.37. The number of nitrogens with zero attached hydrogens (tertiary/aromatic N) is 1. The lowest BCUT2D eigenvalue weighted by molar-refractivity contribution is -0.0319. The Morgan fingerprint density at radius 2 is 1.66 bits per heavy atom. The molecule has 0 bridgehead atoms. The summed E-state index contributed by atoms with van der Waals surface area (Å²) in [4.78, 5) is 3.65. The van der Waals surface area contributed by atoms with Crippen molar-refractivity contribution in [3.05, 3.63) is 96.1 Å². The van der Waals surface area contributed by atoms with Crippen LogP contribution in [0.2, 0.25) is 0 Å². The van der Waals surface area contributed by atoms with E-state index in [1.165, 1.54) is 11.1 Å². The molecule has 0 saturated carbocycles. The van der Waals surface area contributed by atoms with Gasteiger partial charge in [-0.05, 0) is 23.3 Å². The summed E-state index contributed by atoms with van der Waals surface area (Å²) in [6.07, 6.45) is 0.116. The first-order valence-electron chi connectivity index (χ1n) is 10.1. The molecule has 4 rings (SSSR count). The van der Waals surface area contributed by atoms with Gasteiger partial charge in [0.1, 0.15) is 5.75 Å². The van der Waals surface area contributed by atoms with Crippen LogP contribution in [-0.2, 0) is 11.3 Å². The third-order valence-corrected chi connectivity index (χ3v) is 6.64. The summed E-state index contributed by atoms with van der Waals surface area (Å²) in [5.74, 6) is 0.912. The van der Waals surface area contributed by atoms with Crippen LogP contribution in [0.5, 0.6) is 5.75 Å². The van der Waals surface area contributed by atoms with Gasteiger partial charge in [0.2, 0.25) is 0 Å². The fourth-order valence-corrected chi connectivity index (χ4v) is 5.06. The lowest BCUT2D eigenvalue weighted by atomic mass is 10.1. The number of rotatable bonds is 7. The van der Waals surface area contributed by atoms with Gasteiger partial charge < -0.3 is 9.47 Å². The van der Waals surface area contributed by atoms with Gasteiger partial charge >= 0.3 is 0 Å². The first-order chi connectivity index (χ1) is 14.3. The van der Waals surface area contributed by atoms with E-state index in [-0.39, 0.29) is 11.4 Å². The van der Waals surface area contributed by atoms with Gasteiger partial charge in [-0.2, -0.15) is 0 Å². The largest absolute Gasteiger partial charge is 0.496 e. The Morgan fingerprint density at radius 3 is 2.41 bits per heavy atom. The van der Waals surface area contributed by atoms with Crippen LogP contribution in [0.3, 0.4) is 0 Å². The minimum atomic E-state index is 0.116. The molecule has 4 heteroatoms. The van der Waals surface area contributed by atoms with E-state index in [2.05, 4.69) is 77.7 Å². The van der Waals surface area contributed by atoms with Crippen LogP contribution in [0.15, 0.2) is 89.8 Å². The molecule has 3 nitrogen and oxygen atoms in total. The third kappa shape index (κ3) is 5.21. The molecule has 0 amide bonds. The van der Waals surface area contributed by atoms with Crippen molar-refractivity contribution in [2.45, 2.75) is 22.8 Å². The van der Waals surface area contributed by atoms with Gasteiger partial charge in [0.05, 0.1) is 30.0 Å². The quantitative estimate of drug-likeness (QED) is 0.489. The van der Waals surface area contributed by atoms with Crippen molar-refractivity contribution in [3.8, 4) is 5.75 Å². The van der Waals surface area contributed by atoms with E-state index < -0.39 is 0 Å². The van der Waals surface area contributed by atoms with Gasteiger partial charge in [-0.25, -0.2) is 0 Å². The number of para-hydroxylation sites is 1. The second-order valence-corrected chi connectivity index (χ2v) is 8.41. The molecule has 1 saturated heterocycles. The van der Waals surface area contributed by atoms with Gasteiger partial charge in [0.25, 0.3) is 0 Å². The Bertz CT molecular complexity index is 888. The zero-order valence-electron chi connectivity index (χ0n) is 16.7. The molecule has 3 aromatic rings. The number of morpholine rings is 1. The highest BCUT2D eigenvalue weighted by Crippen LogP contribution is 2.43. The van der Waals surface area contributed by atoms with Crippen molar-refractivity contribution in [2.24, 2.45) is 0 Å². The van der Waals surface area contributed by atoms with Crippen LogP contribution >= 0.6 is 11.8 Å². The summed E-state index contributed by atoms with van der Waals surface area (Å²) in [7, 11) is 1.73. The SMILES string of the molecule is COc1ccccc1S[C@@H](c1ccccc1)C1CN(Cc2ccccc2)CCO1. The fourth-order valence-electron chi connectivity index (χ4n) is 3.75. The maximum atomic E-state index is 6.30. The summed E-state index contributed by atoms with van der Waals surface area (Å²) in [6, 6.07) is 29.6. The fraction of sp³-hybridized carbons (Fsp3) is 0.280. The van der Waals surface area contributed by atoms with E-state index in [0.29, 0.717) is 0 Å². The average Bonchev–Trinajstić information content (AvgIpc) is 2.79. The van der Waals surface area contributed by atoms with Crippen molar-refractivity contribution in [1.82, 2.24) is 4.90 Å². The molecule has 0 spiro atoms. The van der Waals surface area contributed by atoms with Gasteiger partial charge in [0, 0.05) is 19.6 Å². The molecule has 1 heterocycles. The van der Waals surface area contributed by atoms with E-state index >= 15 is 0 Å². The second kappa shape index (κ2) is 9.97. The zero-order chi connectivity index (χ0) is 19.9. The van der Waals surface area contributed by atoms with Crippen molar-refractivity contribution < 1.29 is 9.47 Å². The topological polar surface area (TPSA) is 21.7 Å². The molecule has 3 aromatic carbocycles. The number of hydrogen-bond donors (Lipinski definition) is 0. The minimum absolute atomic E-state index is 0.116. The van der Waals surface area contributed by atoms with E-state index in [0.717, 1.165) is 36.9 Å². The molecule has 0 aliphatic carbocycles. The maximum Gasteiger partial charge on any atom is 0.132 e. The van der Waals surface area contributed by atoms with Crippen LogP contribution in [0.1, 0.15) is 16.4 Å². The van der Waals surface area contributed by atoms with Crippen LogP contribution in [-0.4, -0.2) is 37.8 Å². The first kappa shape index (κ1) is 20.0.